The number of rotatable bonds is 8. The fourth-order valence-electron chi connectivity index (χ4n) is 2.40. The lowest BCUT2D eigenvalue weighted by Crippen LogP contribution is -2.48. The fraction of sp³-hybridized carbons (Fsp3) is 0.300. The minimum absolute atomic E-state index is 0.120. The molecule has 0 fully saturated rings. The Hall–Kier alpha value is -2.86. The number of methoxy groups -OCH3 is 1. The molecule has 0 spiro atoms. The maximum atomic E-state index is 12.2. The molecule has 2 N–H and O–H groups in total. The van der Waals surface area contributed by atoms with Gasteiger partial charge in [-0.2, -0.15) is 0 Å². The Morgan fingerprint density at radius 1 is 1.08 bits per heavy atom. The second kappa shape index (κ2) is 9.58. The number of aryl methyl sites for hydroxylation is 1. The normalized spacial score (nSPS) is 11.5. The van der Waals surface area contributed by atoms with Gasteiger partial charge in [0.05, 0.1) is 6.61 Å². The molecule has 138 valence electrons. The average Bonchev–Trinajstić information content (AvgIpc) is 2.60. The minimum Gasteiger partial charge on any atom is -0.457 e. The van der Waals surface area contributed by atoms with Crippen molar-refractivity contribution in [1.82, 2.24) is 10.6 Å². The molecular weight excluding hydrogens is 332 g/mol. The number of carbonyl (C=O) groups is 2. The lowest BCUT2D eigenvalue weighted by molar-refractivity contribution is -0.129. The van der Waals surface area contributed by atoms with Crippen molar-refractivity contribution in [3.63, 3.8) is 0 Å². The van der Waals surface area contributed by atoms with Gasteiger partial charge < -0.3 is 20.1 Å². The van der Waals surface area contributed by atoms with E-state index in [0.717, 1.165) is 22.6 Å². The van der Waals surface area contributed by atoms with E-state index in [1.807, 2.05) is 55.5 Å². The van der Waals surface area contributed by atoms with Crippen molar-refractivity contribution in [2.24, 2.45) is 0 Å². The molecule has 0 aliphatic carbocycles. The van der Waals surface area contributed by atoms with Crippen molar-refractivity contribution in [2.45, 2.75) is 26.4 Å². The van der Waals surface area contributed by atoms with Crippen LogP contribution in [0.25, 0.3) is 0 Å². The lowest BCUT2D eigenvalue weighted by Gasteiger charge is -2.16. The Morgan fingerprint density at radius 3 is 2.42 bits per heavy atom. The fourth-order valence-corrected chi connectivity index (χ4v) is 2.40. The van der Waals surface area contributed by atoms with E-state index in [9.17, 15) is 9.59 Å². The highest BCUT2D eigenvalue weighted by molar-refractivity contribution is 5.86. The second-order valence-electron chi connectivity index (χ2n) is 5.99. The number of benzene rings is 2. The summed E-state index contributed by atoms with van der Waals surface area (Å²) in [5.41, 5.74) is 2.06. The predicted octanol–water partition coefficient (Wildman–Crippen LogP) is 2.55. The van der Waals surface area contributed by atoms with Crippen LogP contribution >= 0.6 is 0 Å². The number of amides is 2. The third-order valence-electron chi connectivity index (χ3n) is 3.64. The van der Waals surface area contributed by atoms with E-state index >= 15 is 0 Å². The van der Waals surface area contributed by atoms with Crippen LogP contribution in [0.5, 0.6) is 11.5 Å². The molecule has 0 aromatic heterocycles. The van der Waals surface area contributed by atoms with E-state index in [4.69, 9.17) is 9.47 Å². The summed E-state index contributed by atoms with van der Waals surface area (Å²) >= 11 is 0. The van der Waals surface area contributed by atoms with Gasteiger partial charge in [-0.15, -0.1) is 0 Å². The maximum absolute atomic E-state index is 12.2. The molecule has 0 radical (unpaired) electrons. The molecule has 2 aromatic carbocycles. The molecule has 0 heterocycles. The first-order valence-corrected chi connectivity index (χ1v) is 8.35. The third-order valence-corrected chi connectivity index (χ3v) is 3.64. The Balaban J connectivity index is 1.90. The van der Waals surface area contributed by atoms with Crippen LogP contribution < -0.4 is 15.4 Å². The van der Waals surface area contributed by atoms with Crippen LogP contribution in [0.15, 0.2) is 48.5 Å². The summed E-state index contributed by atoms with van der Waals surface area (Å²) < 4.78 is 10.8. The maximum Gasteiger partial charge on any atom is 0.245 e. The Bertz CT molecular complexity index is 744. The second-order valence-corrected chi connectivity index (χ2v) is 5.99. The van der Waals surface area contributed by atoms with Crippen molar-refractivity contribution < 1.29 is 19.1 Å². The first-order chi connectivity index (χ1) is 12.5. The van der Waals surface area contributed by atoms with Crippen molar-refractivity contribution >= 4 is 11.8 Å². The molecule has 0 aliphatic rings. The van der Waals surface area contributed by atoms with Gasteiger partial charge in [0.1, 0.15) is 17.5 Å². The van der Waals surface area contributed by atoms with Crippen molar-refractivity contribution in [1.29, 1.82) is 0 Å². The molecule has 0 saturated heterocycles. The number of hydrogen-bond donors (Lipinski definition) is 2. The zero-order valence-corrected chi connectivity index (χ0v) is 15.2. The highest BCUT2D eigenvalue weighted by Gasteiger charge is 2.18. The Morgan fingerprint density at radius 2 is 1.81 bits per heavy atom. The summed E-state index contributed by atoms with van der Waals surface area (Å²) in [7, 11) is 1.48. The Kier molecular flexibility index (Phi) is 7.17. The largest absolute Gasteiger partial charge is 0.457 e. The van der Waals surface area contributed by atoms with Gasteiger partial charge in [-0.1, -0.05) is 24.3 Å². The molecule has 2 rings (SSSR count). The van der Waals surface area contributed by atoms with Gasteiger partial charge in [0, 0.05) is 20.6 Å². The zero-order valence-electron chi connectivity index (χ0n) is 15.2. The molecule has 0 aliphatic heterocycles. The van der Waals surface area contributed by atoms with Crippen molar-refractivity contribution in [2.75, 3.05) is 13.7 Å². The molecule has 0 unspecified atom stereocenters. The first-order valence-electron chi connectivity index (χ1n) is 8.35. The van der Waals surface area contributed by atoms with Crippen LogP contribution in [0.4, 0.5) is 0 Å². The molecule has 6 heteroatoms. The standard InChI is InChI=1S/C20H24N2O4/c1-14-5-4-6-18(11-14)26-17-9-7-16(8-10-17)12-21-20(24)19(13-25-3)22-15(2)23/h4-11,19H,12-13H2,1-3H3,(H,21,24)(H,22,23)/t19-/m1/s1. The number of ether oxygens (including phenoxy) is 2. The van der Waals surface area contributed by atoms with Crippen LogP contribution in [-0.2, 0) is 20.9 Å². The van der Waals surface area contributed by atoms with Crippen LogP contribution in [0.1, 0.15) is 18.1 Å². The van der Waals surface area contributed by atoms with Crippen LogP contribution in [0, 0.1) is 6.92 Å². The zero-order chi connectivity index (χ0) is 18.9. The number of hydrogen-bond acceptors (Lipinski definition) is 4. The highest BCUT2D eigenvalue weighted by atomic mass is 16.5. The highest BCUT2D eigenvalue weighted by Crippen LogP contribution is 2.22. The van der Waals surface area contributed by atoms with Crippen molar-refractivity contribution in [3.8, 4) is 11.5 Å². The van der Waals surface area contributed by atoms with E-state index in [-0.39, 0.29) is 18.4 Å². The van der Waals surface area contributed by atoms with Gasteiger partial charge in [0.15, 0.2) is 0 Å². The predicted molar refractivity (Wildman–Crippen MR) is 99.0 cm³/mol. The van der Waals surface area contributed by atoms with E-state index in [2.05, 4.69) is 10.6 Å². The Labute approximate surface area is 153 Å². The summed E-state index contributed by atoms with van der Waals surface area (Å²) in [4.78, 5) is 23.3. The van der Waals surface area contributed by atoms with E-state index < -0.39 is 6.04 Å². The average molecular weight is 356 g/mol. The molecule has 0 bridgehead atoms. The molecule has 26 heavy (non-hydrogen) atoms. The third kappa shape index (κ3) is 6.22. The SMILES string of the molecule is COC[C@@H](NC(C)=O)C(=O)NCc1ccc(Oc2cccc(C)c2)cc1. The summed E-state index contributed by atoms with van der Waals surface area (Å²) in [5.74, 6) is 0.937. The molecule has 0 saturated carbocycles. The smallest absolute Gasteiger partial charge is 0.245 e. The van der Waals surface area contributed by atoms with Gasteiger partial charge in [0.25, 0.3) is 0 Å². The summed E-state index contributed by atoms with van der Waals surface area (Å²) in [5, 5.41) is 5.35. The summed E-state index contributed by atoms with van der Waals surface area (Å²) in [6, 6.07) is 14.6. The molecule has 2 amide bonds. The van der Waals surface area contributed by atoms with E-state index in [0.29, 0.717) is 6.54 Å². The quantitative estimate of drug-likeness (QED) is 0.762. The van der Waals surface area contributed by atoms with Crippen LogP contribution in [-0.4, -0.2) is 31.6 Å². The molecule has 1 atom stereocenters. The van der Waals surface area contributed by atoms with Crippen LogP contribution in [0.3, 0.4) is 0 Å². The van der Waals surface area contributed by atoms with Crippen LogP contribution in [0.2, 0.25) is 0 Å². The molecule has 2 aromatic rings. The minimum atomic E-state index is -0.707. The van der Waals surface area contributed by atoms with Gasteiger partial charge >= 0.3 is 0 Å². The van der Waals surface area contributed by atoms with E-state index in [1.54, 1.807) is 0 Å². The molecule has 6 nitrogen and oxygen atoms in total. The number of nitrogens with one attached hydrogen (secondary N) is 2. The van der Waals surface area contributed by atoms with Crippen molar-refractivity contribution in [3.05, 3.63) is 59.7 Å². The van der Waals surface area contributed by atoms with Gasteiger partial charge in [0.2, 0.25) is 11.8 Å². The lowest BCUT2D eigenvalue weighted by atomic mass is 10.2. The van der Waals surface area contributed by atoms with Gasteiger partial charge in [-0.3, -0.25) is 9.59 Å². The van der Waals surface area contributed by atoms with Gasteiger partial charge in [-0.25, -0.2) is 0 Å². The monoisotopic (exact) mass is 356 g/mol. The summed E-state index contributed by atoms with van der Waals surface area (Å²) in [6.45, 7) is 3.84. The number of carbonyl (C=O) groups excluding carboxylic acids is 2. The first kappa shape index (κ1) is 19.5. The van der Waals surface area contributed by atoms with E-state index in [1.165, 1.54) is 14.0 Å². The molecular formula is C20H24N2O4. The van der Waals surface area contributed by atoms with Gasteiger partial charge in [-0.05, 0) is 42.3 Å². The summed E-state index contributed by atoms with van der Waals surface area (Å²) in [6.07, 6.45) is 0. The topological polar surface area (TPSA) is 76.7 Å².